The fraction of sp³-hybridized carbons (Fsp3) is 0.667. The first kappa shape index (κ1) is 14.9. The first-order valence-electron chi connectivity index (χ1n) is 6.38. The van der Waals surface area contributed by atoms with Gasteiger partial charge in [0.1, 0.15) is 12.4 Å². The van der Waals surface area contributed by atoms with Crippen molar-refractivity contribution in [3.8, 4) is 0 Å². The van der Waals surface area contributed by atoms with Gasteiger partial charge in [-0.15, -0.1) is 0 Å². The number of furan rings is 1. The van der Waals surface area contributed by atoms with Crippen LogP contribution in [0.25, 0.3) is 0 Å². The second kappa shape index (κ2) is 6.30. The average Bonchev–Trinajstić information content (AvgIpc) is 2.98. The lowest BCUT2D eigenvalue weighted by Crippen LogP contribution is -2.32. The van der Waals surface area contributed by atoms with Crippen LogP contribution in [0, 0.1) is 0 Å². The third-order valence-electron chi connectivity index (χ3n) is 3.17. The van der Waals surface area contributed by atoms with Crippen molar-refractivity contribution in [2.45, 2.75) is 49.2 Å². The number of rotatable bonds is 6. The van der Waals surface area contributed by atoms with Crippen LogP contribution in [-0.4, -0.2) is 30.6 Å². The highest BCUT2D eigenvalue weighted by Crippen LogP contribution is 2.30. The van der Waals surface area contributed by atoms with Crippen molar-refractivity contribution >= 4 is 21.8 Å². The summed E-state index contributed by atoms with van der Waals surface area (Å²) in [5.74, 6) is 1.31. The molecular formula is C12H19NO4S2. The van der Waals surface area contributed by atoms with Gasteiger partial charge in [-0.3, -0.25) is 0 Å². The van der Waals surface area contributed by atoms with Crippen LogP contribution in [0.2, 0.25) is 0 Å². The van der Waals surface area contributed by atoms with Gasteiger partial charge in [-0.25, -0.2) is 13.1 Å². The van der Waals surface area contributed by atoms with Gasteiger partial charge in [-0.2, -0.15) is 11.8 Å². The minimum atomic E-state index is -3.61. The number of nitrogens with one attached hydrogen (secondary N) is 1. The Morgan fingerprint density at radius 2 is 2.26 bits per heavy atom. The number of hydrogen-bond donors (Lipinski definition) is 2. The second-order valence-electron chi connectivity index (χ2n) is 4.59. The van der Waals surface area contributed by atoms with E-state index in [2.05, 4.69) is 11.6 Å². The van der Waals surface area contributed by atoms with E-state index in [-0.39, 0.29) is 23.5 Å². The van der Waals surface area contributed by atoms with E-state index >= 15 is 0 Å². The van der Waals surface area contributed by atoms with E-state index < -0.39 is 10.0 Å². The summed E-state index contributed by atoms with van der Waals surface area (Å²) in [5, 5.41) is 9.30. The largest absolute Gasteiger partial charge is 0.446 e. The maximum Gasteiger partial charge on any atom is 0.274 e. The van der Waals surface area contributed by atoms with E-state index in [4.69, 9.17) is 9.52 Å². The molecule has 7 heteroatoms. The standard InChI is InChI=1S/C12H19NO4S2/c1-2-18-11-5-3-9(7-11)13-19(15,16)12-6-4-10(8-14)17-12/h4,6,9,11,13-14H,2-3,5,7-8H2,1H3. The van der Waals surface area contributed by atoms with Crippen LogP contribution in [0.5, 0.6) is 0 Å². The third kappa shape index (κ3) is 3.75. The molecule has 0 bridgehead atoms. The zero-order valence-corrected chi connectivity index (χ0v) is 12.5. The Balaban J connectivity index is 1.98. The molecule has 2 rings (SSSR count). The molecule has 0 radical (unpaired) electrons. The zero-order chi connectivity index (χ0) is 13.9. The molecule has 1 aromatic rings. The molecule has 1 aliphatic rings. The first-order chi connectivity index (χ1) is 9.05. The fourth-order valence-corrected chi connectivity index (χ4v) is 4.67. The molecule has 19 heavy (non-hydrogen) atoms. The van der Waals surface area contributed by atoms with E-state index in [1.165, 1.54) is 12.1 Å². The summed E-state index contributed by atoms with van der Waals surface area (Å²) in [5.41, 5.74) is 0. The molecule has 1 heterocycles. The van der Waals surface area contributed by atoms with Crippen LogP contribution in [0.1, 0.15) is 31.9 Å². The molecule has 1 fully saturated rings. The van der Waals surface area contributed by atoms with Gasteiger partial charge in [0.15, 0.2) is 0 Å². The minimum Gasteiger partial charge on any atom is -0.446 e. The summed E-state index contributed by atoms with van der Waals surface area (Å²) in [6.45, 7) is 1.82. The van der Waals surface area contributed by atoms with Crippen molar-refractivity contribution in [2.75, 3.05) is 5.75 Å². The van der Waals surface area contributed by atoms with E-state index in [0.29, 0.717) is 5.25 Å². The monoisotopic (exact) mass is 305 g/mol. The third-order valence-corrected chi connectivity index (χ3v) is 5.79. The molecule has 0 saturated heterocycles. The maximum atomic E-state index is 12.1. The van der Waals surface area contributed by atoms with E-state index in [1.807, 2.05) is 11.8 Å². The quantitative estimate of drug-likeness (QED) is 0.836. The highest BCUT2D eigenvalue weighted by Gasteiger charge is 2.29. The zero-order valence-electron chi connectivity index (χ0n) is 10.8. The van der Waals surface area contributed by atoms with Crippen LogP contribution in [0.15, 0.2) is 21.6 Å². The lowest BCUT2D eigenvalue weighted by molar-refractivity contribution is 0.236. The van der Waals surface area contributed by atoms with Gasteiger partial charge in [-0.05, 0) is 37.1 Å². The van der Waals surface area contributed by atoms with Crippen molar-refractivity contribution in [3.05, 3.63) is 17.9 Å². The van der Waals surface area contributed by atoms with E-state index in [1.54, 1.807) is 0 Å². The number of thioether (sulfide) groups is 1. The predicted octanol–water partition coefficient (Wildman–Crippen LogP) is 1.72. The highest BCUT2D eigenvalue weighted by molar-refractivity contribution is 7.99. The summed E-state index contributed by atoms with van der Waals surface area (Å²) in [6.07, 6.45) is 2.78. The average molecular weight is 305 g/mol. The van der Waals surface area contributed by atoms with Crippen molar-refractivity contribution in [1.29, 1.82) is 0 Å². The SMILES string of the molecule is CCSC1CCC(NS(=O)(=O)c2ccc(CO)o2)C1. The Morgan fingerprint density at radius 3 is 2.89 bits per heavy atom. The van der Waals surface area contributed by atoms with Crippen molar-refractivity contribution in [3.63, 3.8) is 0 Å². The molecule has 1 aliphatic carbocycles. The summed E-state index contributed by atoms with van der Waals surface area (Å²) in [6, 6.07) is 2.83. The molecule has 0 aliphatic heterocycles. The molecule has 0 amide bonds. The molecule has 0 spiro atoms. The maximum absolute atomic E-state index is 12.1. The molecule has 1 saturated carbocycles. The highest BCUT2D eigenvalue weighted by atomic mass is 32.2. The van der Waals surface area contributed by atoms with Gasteiger partial charge in [0.2, 0.25) is 5.09 Å². The van der Waals surface area contributed by atoms with Gasteiger partial charge in [-0.1, -0.05) is 6.92 Å². The predicted molar refractivity (Wildman–Crippen MR) is 74.5 cm³/mol. The molecule has 2 N–H and O–H groups in total. The van der Waals surface area contributed by atoms with Gasteiger partial charge in [0, 0.05) is 11.3 Å². The van der Waals surface area contributed by atoms with Crippen molar-refractivity contribution in [1.82, 2.24) is 4.72 Å². The summed E-state index contributed by atoms with van der Waals surface area (Å²) in [4.78, 5) is 0. The second-order valence-corrected chi connectivity index (χ2v) is 7.81. The smallest absolute Gasteiger partial charge is 0.274 e. The topological polar surface area (TPSA) is 79.5 Å². The molecule has 108 valence electrons. The first-order valence-corrected chi connectivity index (χ1v) is 8.92. The number of aliphatic hydroxyl groups excluding tert-OH is 1. The fourth-order valence-electron chi connectivity index (χ4n) is 2.30. The van der Waals surface area contributed by atoms with Gasteiger partial charge >= 0.3 is 0 Å². The van der Waals surface area contributed by atoms with Gasteiger partial charge < -0.3 is 9.52 Å². The van der Waals surface area contributed by atoms with Crippen LogP contribution in [0.3, 0.4) is 0 Å². The molecule has 2 unspecified atom stereocenters. The van der Waals surface area contributed by atoms with Crippen LogP contribution < -0.4 is 4.72 Å². The number of sulfonamides is 1. The van der Waals surface area contributed by atoms with Crippen LogP contribution in [-0.2, 0) is 16.6 Å². The number of hydrogen-bond acceptors (Lipinski definition) is 5. The normalized spacial score (nSPS) is 23.9. The minimum absolute atomic E-state index is 0.0169. The Labute approximate surface area is 117 Å². The lowest BCUT2D eigenvalue weighted by Gasteiger charge is -2.12. The van der Waals surface area contributed by atoms with Crippen molar-refractivity contribution in [2.24, 2.45) is 0 Å². The molecular weight excluding hydrogens is 286 g/mol. The Morgan fingerprint density at radius 1 is 1.47 bits per heavy atom. The Bertz CT molecular complexity index is 512. The van der Waals surface area contributed by atoms with Crippen molar-refractivity contribution < 1.29 is 17.9 Å². The van der Waals surface area contributed by atoms with Crippen LogP contribution in [0.4, 0.5) is 0 Å². The molecule has 5 nitrogen and oxygen atoms in total. The molecule has 2 atom stereocenters. The Hall–Kier alpha value is -0.500. The lowest BCUT2D eigenvalue weighted by atomic mass is 10.3. The Kier molecular flexibility index (Phi) is 4.94. The molecule has 0 aromatic carbocycles. The number of aliphatic hydroxyl groups is 1. The van der Waals surface area contributed by atoms with E-state index in [0.717, 1.165) is 25.0 Å². The van der Waals surface area contributed by atoms with E-state index in [9.17, 15) is 8.42 Å². The van der Waals surface area contributed by atoms with Gasteiger partial charge in [0.25, 0.3) is 10.0 Å². The summed E-state index contributed by atoms with van der Waals surface area (Å²) < 4.78 is 31.9. The van der Waals surface area contributed by atoms with Crippen LogP contribution >= 0.6 is 11.8 Å². The van der Waals surface area contributed by atoms with Gasteiger partial charge in [0.05, 0.1) is 0 Å². The summed E-state index contributed by atoms with van der Waals surface area (Å²) >= 11 is 1.88. The molecule has 1 aromatic heterocycles. The summed E-state index contributed by atoms with van der Waals surface area (Å²) in [7, 11) is -3.61.